The first-order valence-corrected chi connectivity index (χ1v) is 4.57. The average molecular weight is 184 g/mol. The lowest BCUT2D eigenvalue weighted by Gasteiger charge is -2.16. The monoisotopic (exact) mass is 184 g/mol. The maximum atomic E-state index is 13.7. The topological polar surface area (TPSA) is 17.8 Å². The minimum Gasteiger partial charge on any atom is -0.237 e. The molecule has 1 aromatic rings. The molecule has 1 aromatic heterocycles. The van der Waals surface area contributed by atoms with Gasteiger partial charge in [-0.05, 0) is 19.3 Å². The van der Waals surface area contributed by atoms with Crippen LogP contribution in [0.15, 0.2) is 6.20 Å². The van der Waals surface area contributed by atoms with Gasteiger partial charge in [-0.3, -0.25) is 0 Å². The Labute approximate surface area is 78.8 Å². The maximum absolute atomic E-state index is 13.7. The van der Waals surface area contributed by atoms with Gasteiger partial charge in [-0.15, -0.1) is 0 Å². The minimum atomic E-state index is -0.206. The average Bonchev–Trinajstić information content (AvgIpc) is 2.28. The van der Waals surface area contributed by atoms with E-state index in [9.17, 15) is 4.39 Å². The molecule has 0 aliphatic heterocycles. The summed E-state index contributed by atoms with van der Waals surface area (Å²) in [6.45, 7) is 9.79. The van der Waals surface area contributed by atoms with E-state index >= 15 is 0 Å². The maximum Gasteiger partial charge on any atom is 0.215 e. The van der Waals surface area contributed by atoms with Crippen LogP contribution in [0.25, 0.3) is 0 Å². The van der Waals surface area contributed by atoms with Crippen molar-refractivity contribution in [1.82, 2.24) is 9.78 Å². The molecule has 0 aliphatic carbocycles. The highest BCUT2D eigenvalue weighted by Crippen LogP contribution is 2.25. The van der Waals surface area contributed by atoms with Gasteiger partial charge in [0.25, 0.3) is 0 Å². The highest BCUT2D eigenvalue weighted by Gasteiger charge is 2.23. The normalized spacial score (nSPS) is 12.5. The van der Waals surface area contributed by atoms with Gasteiger partial charge in [0.15, 0.2) is 0 Å². The zero-order valence-corrected chi connectivity index (χ0v) is 8.93. The summed E-state index contributed by atoms with van der Waals surface area (Å²) in [6.07, 6.45) is 1.62. The van der Waals surface area contributed by atoms with Crippen LogP contribution in [-0.2, 0) is 5.41 Å². The zero-order valence-electron chi connectivity index (χ0n) is 8.93. The van der Waals surface area contributed by atoms with Crippen LogP contribution in [0.1, 0.15) is 46.2 Å². The molecule has 0 aliphatic rings. The van der Waals surface area contributed by atoms with Crippen LogP contribution in [0.4, 0.5) is 4.39 Å². The van der Waals surface area contributed by atoms with Gasteiger partial charge < -0.3 is 0 Å². The van der Waals surface area contributed by atoms with E-state index in [2.05, 4.69) is 5.10 Å². The van der Waals surface area contributed by atoms with Gasteiger partial charge in [0.1, 0.15) is 0 Å². The SMILES string of the molecule is CC(C)n1ncc(C(C)(C)C)c1F. The second-order valence-corrected chi connectivity index (χ2v) is 4.64. The third-order valence-corrected chi connectivity index (χ3v) is 2.03. The largest absolute Gasteiger partial charge is 0.237 e. The molecule has 0 bridgehead atoms. The Bertz CT molecular complexity index is 294. The second kappa shape index (κ2) is 3.13. The zero-order chi connectivity index (χ0) is 10.2. The number of halogens is 1. The van der Waals surface area contributed by atoms with Gasteiger partial charge >= 0.3 is 0 Å². The number of hydrogen-bond acceptors (Lipinski definition) is 1. The van der Waals surface area contributed by atoms with Crippen LogP contribution in [-0.4, -0.2) is 9.78 Å². The van der Waals surface area contributed by atoms with E-state index in [0.29, 0.717) is 5.56 Å². The van der Waals surface area contributed by atoms with Gasteiger partial charge in [-0.2, -0.15) is 9.49 Å². The number of nitrogens with zero attached hydrogens (tertiary/aromatic N) is 2. The molecular formula is C10H17FN2. The molecule has 0 fully saturated rings. The number of rotatable bonds is 1. The Kier molecular flexibility index (Phi) is 2.46. The molecule has 0 spiro atoms. The molecule has 0 N–H and O–H groups in total. The fraction of sp³-hybridized carbons (Fsp3) is 0.700. The van der Waals surface area contributed by atoms with Crippen molar-refractivity contribution in [3.8, 4) is 0 Å². The summed E-state index contributed by atoms with van der Waals surface area (Å²) in [5.41, 5.74) is 0.512. The van der Waals surface area contributed by atoms with E-state index in [0.717, 1.165) is 0 Å². The lowest BCUT2D eigenvalue weighted by Crippen LogP contribution is -2.14. The van der Waals surface area contributed by atoms with Crippen LogP contribution in [0.2, 0.25) is 0 Å². The lowest BCUT2D eigenvalue weighted by molar-refractivity contribution is 0.400. The second-order valence-electron chi connectivity index (χ2n) is 4.64. The fourth-order valence-electron chi connectivity index (χ4n) is 1.21. The van der Waals surface area contributed by atoms with Crippen LogP contribution in [0.3, 0.4) is 0 Å². The summed E-state index contributed by atoms with van der Waals surface area (Å²) in [7, 11) is 0. The van der Waals surface area contributed by atoms with Gasteiger partial charge in [0.05, 0.1) is 6.20 Å². The minimum absolute atomic E-state index is 0.0797. The third-order valence-electron chi connectivity index (χ3n) is 2.03. The van der Waals surface area contributed by atoms with E-state index in [1.807, 2.05) is 34.6 Å². The van der Waals surface area contributed by atoms with E-state index in [4.69, 9.17) is 0 Å². The Morgan fingerprint density at radius 3 is 2.15 bits per heavy atom. The quantitative estimate of drug-likeness (QED) is 0.656. The smallest absolute Gasteiger partial charge is 0.215 e. The first-order chi connectivity index (χ1) is 5.84. The van der Waals surface area contributed by atoms with Crippen molar-refractivity contribution in [3.63, 3.8) is 0 Å². The third kappa shape index (κ3) is 1.90. The predicted molar refractivity (Wildman–Crippen MR) is 51.3 cm³/mol. The Morgan fingerprint density at radius 1 is 1.38 bits per heavy atom. The molecular weight excluding hydrogens is 167 g/mol. The molecule has 0 unspecified atom stereocenters. The van der Waals surface area contributed by atoms with Crippen LogP contribution in [0.5, 0.6) is 0 Å². The molecule has 1 heterocycles. The number of aromatic nitrogens is 2. The summed E-state index contributed by atoms with van der Waals surface area (Å²) in [4.78, 5) is 0. The van der Waals surface area contributed by atoms with Crippen LogP contribution < -0.4 is 0 Å². The first kappa shape index (κ1) is 10.2. The molecule has 0 radical (unpaired) electrons. The van der Waals surface area contributed by atoms with Crippen LogP contribution >= 0.6 is 0 Å². The van der Waals surface area contributed by atoms with E-state index < -0.39 is 0 Å². The summed E-state index contributed by atoms with van der Waals surface area (Å²) in [5.74, 6) is -0.206. The van der Waals surface area contributed by atoms with Crippen LogP contribution in [0, 0.1) is 5.95 Å². The van der Waals surface area contributed by atoms with Gasteiger partial charge in [-0.25, -0.2) is 4.68 Å². The predicted octanol–water partition coefficient (Wildman–Crippen LogP) is 2.90. The van der Waals surface area contributed by atoms with Crippen molar-refractivity contribution < 1.29 is 4.39 Å². The molecule has 74 valence electrons. The summed E-state index contributed by atoms with van der Waals surface area (Å²) < 4.78 is 15.1. The van der Waals surface area contributed by atoms with Gasteiger partial charge in [-0.1, -0.05) is 20.8 Å². The summed E-state index contributed by atoms with van der Waals surface area (Å²) >= 11 is 0. The number of hydrogen-bond donors (Lipinski definition) is 0. The molecule has 2 nitrogen and oxygen atoms in total. The Balaban J connectivity index is 3.14. The van der Waals surface area contributed by atoms with E-state index in [1.165, 1.54) is 4.68 Å². The van der Waals surface area contributed by atoms with Crippen molar-refractivity contribution in [2.24, 2.45) is 0 Å². The van der Waals surface area contributed by atoms with Crippen molar-refractivity contribution in [2.45, 2.75) is 46.1 Å². The van der Waals surface area contributed by atoms with Crippen molar-refractivity contribution in [2.75, 3.05) is 0 Å². The summed E-state index contributed by atoms with van der Waals surface area (Å²) in [6, 6.07) is 0.0797. The highest BCUT2D eigenvalue weighted by atomic mass is 19.1. The Hall–Kier alpha value is -0.860. The molecule has 0 saturated carbocycles. The van der Waals surface area contributed by atoms with Crippen molar-refractivity contribution in [3.05, 3.63) is 17.7 Å². The van der Waals surface area contributed by atoms with Crippen molar-refractivity contribution in [1.29, 1.82) is 0 Å². The molecule has 3 heteroatoms. The van der Waals surface area contributed by atoms with Crippen molar-refractivity contribution >= 4 is 0 Å². The van der Waals surface area contributed by atoms with Gasteiger partial charge in [0, 0.05) is 11.6 Å². The first-order valence-electron chi connectivity index (χ1n) is 4.57. The molecule has 13 heavy (non-hydrogen) atoms. The molecule has 0 aromatic carbocycles. The summed E-state index contributed by atoms with van der Waals surface area (Å²) in [5, 5.41) is 4.02. The Morgan fingerprint density at radius 2 is 1.92 bits per heavy atom. The fourth-order valence-corrected chi connectivity index (χ4v) is 1.21. The molecule has 0 saturated heterocycles. The van der Waals surface area contributed by atoms with E-state index in [-0.39, 0.29) is 17.4 Å². The lowest BCUT2D eigenvalue weighted by atomic mass is 9.89. The molecule has 0 amide bonds. The highest BCUT2D eigenvalue weighted by molar-refractivity contribution is 5.17. The van der Waals surface area contributed by atoms with Gasteiger partial charge in [0.2, 0.25) is 5.95 Å². The standard InChI is InChI=1S/C10H17FN2/c1-7(2)13-9(11)8(6-12-13)10(3,4)5/h6-7H,1-5H3. The molecule has 0 atom stereocenters. The van der Waals surface area contributed by atoms with E-state index in [1.54, 1.807) is 6.20 Å². The molecule has 1 rings (SSSR count).